The van der Waals surface area contributed by atoms with Crippen LogP contribution in [0.3, 0.4) is 0 Å². The van der Waals surface area contributed by atoms with E-state index in [0.717, 1.165) is 30.6 Å². The first-order valence-electron chi connectivity index (χ1n) is 11.5. The number of rotatable bonds is 6. The molecule has 164 valence electrons. The third-order valence-electron chi connectivity index (χ3n) is 6.53. The van der Waals surface area contributed by atoms with Crippen molar-refractivity contribution in [2.75, 3.05) is 13.2 Å². The standard InChI is InChI=1S/C28H29NO3/c30-26-16-17-29(20-22-10-4-1-5-11-22)25(18-26)19-27-21-31-28(32-27,23-12-6-2-7-13-23)24-14-8-3-9-15-24/h1-15,25,27H,16-21H2/t25-,27+/m0/s1. The number of hydrogen-bond donors (Lipinski definition) is 0. The van der Waals surface area contributed by atoms with Crippen molar-refractivity contribution in [2.24, 2.45) is 0 Å². The molecule has 0 N–H and O–H groups in total. The summed E-state index contributed by atoms with van der Waals surface area (Å²) in [6.45, 7) is 2.16. The number of carbonyl (C=O) groups is 1. The normalized spacial score (nSPS) is 23.3. The number of ketones is 1. The number of Topliss-reactive ketones (excluding diaryl/α,β-unsaturated/α-hetero) is 1. The van der Waals surface area contributed by atoms with Gasteiger partial charge in [0.05, 0.1) is 12.7 Å². The maximum Gasteiger partial charge on any atom is 0.222 e. The number of ether oxygens (including phenoxy) is 2. The SMILES string of the molecule is O=C1CCN(Cc2ccccc2)[C@H](C[C@@H]2COC(c3ccccc3)(c3ccccc3)O2)C1. The van der Waals surface area contributed by atoms with Gasteiger partial charge in [-0.2, -0.15) is 0 Å². The Labute approximate surface area is 189 Å². The molecule has 2 atom stereocenters. The van der Waals surface area contributed by atoms with Gasteiger partial charge in [-0.25, -0.2) is 0 Å². The number of nitrogens with zero attached hydrogens (tertiary/aromatic N) is 1. The van der Waals surface area contributed by atoms with Crippen molar-refractivity contribution in [3.63, 3.8) is 0 Å². The summed E-state index contributed by atoms with van der Waals surface area (Å²) in [4.78, 5) is 14.8. The molecule has 2 heterocycles. The average Bonchev–Trinajstić information content (AvgIpc) is 3.28. The fraction of sp³-hybridized carbons (Fsp3) is 0.321. The first kappa shape index (κ1) is 21.1. The van der Waals surface area contributed by atoms with Gasteiger partial charge < -0.3 is 9.47 Å². The molecule has 0 aliphatic carbocycles. The van der Waals surface area contributed by atoms with Crippen LogP contribution >= 0.6 is 0 Å². The van der Waals surface area contributed by atoms with Crippen molar-refractivity contribution in [1.82, 2.24) is 4.90 Å². The second-order valence-electron chi connectivity index (χ2n) is 8.74. The second-order valence-corrected chi connectivity index (χ2v) is 8.74. The Morgan fingerprint density at radius 3 is 2.06 bits per heavy atom. The van der Waals surface area contributed by atoms with Crippen LogP contribution < -0.4 is 0 Å². The summed E-state index contributed by atoms with van der Waals surface area (Å²) < 4.78 is 13.1. The van der Waals surface area contributed by atoms with E-state index < -0.39 is 5.79 Å². The van der Waals surface area contributed by atoms with Crippen molar-refractivity contribution < 1.29 is 14.3 Å². The quantitative estimate of drug-likeness (QED) is 0.559. The molecule has 0 radical (unpaired) electrons. The Balaban J connectivity index is 1.36. The Morgan fingerprint density at radius 2 is 1.44 bits per heavy atom. The van der Waals surface area contributed by atoms with Crippen LogP contribution in [0.15, 0.2) is 91.0 Å². The monoisotopic (exact) mass is 427 g/mol. The van der Waals surface area contributed by atoms with Crippen LogP contribution in [0.2, 0.25) is 0 Å². The lowest BCUT2D eigenvalue weighted by Gasteiger charge is -2.36. The average molecular weight is 428 g/mol. The highest BCUT2D eigenvalue weighted by molar-refractivity contribution is 5.80. The molecule has 0 unspecified atom stereocenters. The van der Waals surface area contributed by atoms with Crippen molar-refractivity contribution in [2.45, 2.75) is 43.7 Å². The van der Waals surface area contributed by atoms with Gasteiger partial charge in [0.25, 0.3) is 0 Å². The lowest BCUT2D eigenvalue weighted by molar-refractivity contribution is -0.145. The van der Waals surface area contributed by atoms with E-state index in [1.165, 1.54) is 5.56 Å². The van der Waals surface area contributed by atoms with Crippen LogP contribution in [0.1, 0.15) is 36.0 Å². The molecular formula is C28H29NO3. The predicted octanol–water partition coefficient (Wildman–Crippen LogP) is 4.93. The molecule has 4 nitrogen and oxygen atoms in total. The van der Waals surface area contributed by atoms with Gasteiger partial charge in [0.1, 0.15) is 5.78 Å². The number of piperidine rings is 1. The van der Waals surface area contributed by atoms with Gasteiger partial charge in [-0.1, -0.05) is 91.0 Å². The first-order valence-corrected chi connectivity index (χ1v) is 11.5. The van der Waals surface area contributed by atoms with Crippen LogP contribution in [-0.4, -0.2) is 36.0 Å². The zero-order valence-corrected chi connectivity index (χ0v) is 18.2. The van der Waals surface area contributed by atoms with Gasteiger partial charge in [0, 0.05) is 43.1 Å². The van der Waals surface area contributed by atoms with E-state index in [1.54, 1.807) is 0 Å². The molecular weight excluding hydrogens is 398 g/mol. The van der Waals surface area contributed by atoms with Crippen LogP contribution in [0.5, 0.6) is 0 Å². The fourth-order valence-corrected chi connectivity index (χ4v) is 4.92. The molecule has 0 spiro atoms. The minimum Gasteiger partial charge on any atom is -0.339 e. The molecule has 3 aromatic rings. The van der Waals surface area contributed by atoms with E-state index in [0.29, 0.717) is 25.2 Å². The molecule has 4 heteroatoms. The number of likely N-dealkylation sites (tertiary alicyclic amines) is 1. The topological polar surface area (TPSA) is 38.8 Å². The number of carbonyl (C=O) groups excluding carboxylic acids is 1. The highest BCUT2D eigenvalue weighted by atomic mass is 16.7. The fourth-order valence-electron chi connectivity index (χ4n) is 4.92. The largest absolute Gasteiger partial charge is 0.339 e. The maximum atomic E-state index is 12.3. The van der Waals surface area contributed by atoms with Gasteiger partial charge in [0.15, 0.2) is 0 Å². The summed E-state index contributed by atoms with van der Waals surface area (Å²) in [5.74, 6) is -0.563. The lowest BCUT2D eigenvalue weighted by Crippen LogP contribution is -2.44. The molecule has 0 bridgehead atoms. The van der Waals surface area contributed by atoms with Crippen molar-refractivity contribution in [3.8, 4) is 0 Å². The molecule has 0 aromatic heterocycles. The maximum absolute atomic E-state index is 12.3. The summed E-state index contributed by atoms with van der Waals surface area (Å²) in [6.07, 6.45) is 1.91. The van der Waals surface area contributed by atoms with Gasteiger partial charge in [-0.3, -0.25) is 9.69 Å². The summed E-state index contributed by atoms with van der Waals surface area (Å²) in [5.41, 5.74) is 3.27. The van der Waals surface area contributed by atoms with Crippen LogP contribution in [0, 0.1) is 0 Å². The van der Waals surface area contributed by atoms with Crippen LogP contribution in [-0.2, 0) is 26.6 Å². The van der Waals surface area contributed by atoms with Crippen LogP contribution in [0.25, 0.3) is 0 Å². The van der Waals surface area contributed by atoms with Crippen molar-refractivity contribution >= 4 is 5.78 Å². The smallest absolute Gasteiger partial charge is 0.222 e. The molecule has 3 aromatic carbocycles. The Hall–Kier alpha value is -2.79. The Morgan fingerprint density at radius 1 is 0.844 bits per heavy atom. The van der Waals surface area contributed by atoms with E-state index >= 15 is 0 Å². The highest BCUT2D eigenvalue weighted by Gasteiger charge is 2.46. The van der Waals surface area contributed by atoms with Crippen molar-refractivity contribution in [1.29, 1.82) is 0 Å². The predicted molar refractivity (Wildman–Crippen MR) is 124 cm³/mol. The molecule has 5 rings (SSSR count). The molecule has 32 heavy (non-hydrogen) atoms. The van der Waals surface area contributed by atoms with E-state index in [1.807, 2.05) is 42.5 Å². The van der Waals surface area contributed by atoms with Crippen LogP contribution in [0.4, 0.5) is 0 Å². The van der Waals surface area contributed by atoms with Gasteiger partial charge in [0.2, 0.25) is 5.79 Å². The van der Waals surface area contributed by atoms with Gasteiger partial charge in [-0.15, -0.1) is 0 Å². The van der Waals surface area contributed by atoms with Crippen molar-refractivity contribution in [3.05, 3.63) is 108 Å². The highest BCUT2D eigenvalue weighted by Crippen LogP contribution is 2.42. The Bertz CT molecular complexity index is 983. The van der Waals surface area contributed by atoms with Gasteiger partial charge >= 0.3 is 0 Å². The summed E-state index contributed by atoms with van der Waals surface area (Å²) >= 11 is 0. The molecule has 2 aliphatic rings. The Kier molecular flexibility index (Phi) is 6.17. The zero-order valence-electron chi connectivity index (χ0n) is 18.2. The van der Waals surface area contributed by atoms with E-state index in [2.05, 4.69) is 53.4 Å². The molecule has 0 amide bonds. The molecule has 2 saturated heterocycles. The van der Waals surface area contributed by atoms with Gasteiger partial charge in [-0.05, 0) is 12.0 Å². The van der Waals surface area contributed by atoms with E-state index in [-0.39, 0.29) is 12.1 Å². The minimum atomic E-state index is -0.907. The molecule has 0 saturated carbocycles. The minimum absolute atomic E-state index is 0.0791. The second kappa shape index (κ2) is 9.37. The number of benzene rings is 3. The lowest BCUT2D eigenvalue weighted by atomic mass is 9.95. The summed E-state index contributed by atoms with van der Waals surface area (Å²) in [7, 11) is 0. The first-order chi connectivity index (χ1) is 15.7. The zero-order chi connectivity index (χ0) is 21.8. The van der Waals surface area contributed by atoms with E-state index in [9.17, 15) is 4.79 Å². The molecule has 2 fully saturated rings. The third kappa shape index (κ3) is 4.40. The van der Waals surface area contributed by atoms with E-state index in [4.69, 9.17) is 9.47 Å². The molecule has 2 aliphatic heterocycles. The summed E-state index contributed by atoms with van der Waals surface area (Å²) in [6, 6.07) is 30.9. The third-order valence-corrected chi connectivity index (χ3v) is 6.53. The number of hydrogen-bond acceptors (Lipinski definition) is 4. The summed E-state index contributed by atoms with van der Waals surface area (Å²) in [5, 5.41) is 0.